The van der Waals surface area contributed by atoms with E-state index in [4.69, 9.17) is 4.98 Å². The van der Waals surface area contributed by atoms with Gasteiger partial charge in [0.1, 0.15) is 5.82 Å². The quantitative estimate of drug-likeness (QED) is 0.668. The fourth-order valence-electron chi connectivity index (χ4n) is 3.22. The Hall–Kier alpha value is -2.62. The average molecular weight is 349 g/mol. The Labute approximate surface area is 155 Å². The standard InChI is InChI=1S/C22H27N3O/c1-17(2)16-22(26)23-14-15-25-20-11-7-6-10-19(20)24-21(25)13-12-18-8-4-3-5-9-18/h3-11,17H,12-16H2,1-2H3,(H,23,26). The molecule has 4 heteroatoms. The highest BCUT2D eigenvalue weighted by Gasteiger charge is 2.11. The summed E-state index contributed by atoms with van der Waals surface area (Å²) in [5, 5.41) is 3.03. The predicted molar refractivity (Wildman–Crippen MR) is 106 cm³/mol. The van der Waals surface area contributed by atoms with Crippen molar-refractivity contribution in [2.75, 3.05) is 6.54 Å². The third-order valence-corrected chi connectivity index (χ3v) is 4.46. The van der Waals surface area contributed by atoms with Crippen molar-refractivity contribution in [3.63, 3.8) is 0 Å². The minimum Gasteiger partial charge on any atom is -0.354 e. The van der Waals surface area contributed by atoms with Crippen LogP contribution in [0.5, 0.6) is 0 Å². The summed E-state index contributed by atoms with van der Waals surface area (Å²) >= 11 is 0. The first-order chi connectivity index (χ1) is 12.6. The van der Waals surface area contributed by atoms with E-state index in [0.717, 1.165) is 36.2 Å². The second-order valence-electron chi connectivity index (χ2n) is 7.10. The number of imidazole rings is 1. The topological polar surface area (TPSA) is 46.9 Å². The minimum absolute atomic E-state index is 0.121. The molecule has 3 rings (SSSR count). The summed E-state index contributed by atoms with van der Waals surface area (Å²) in [5.41, 5.74) is 3.47. The van der Waals surface area contributed by atoms with Crippen LogP contribution in [0.2, 0.25) is 0 Å². The van der Waals surface area contributed by atoms with E-state index >= 15 is 0 Å². The number of aryl methyl sites for hydroxylation is 2. The van der Waals surface area contributed by atoms with Gasteiger partial charge in [0.25, 0.3) is 0 Å². The van der Waals surface area contributed by atoms with Crippen LogP contribution in [-0.4, -0.2) is 22.0 Å². The Morgan fingerprint density at radius 2 is 1.77 bits per heavy atom. The normalized spacial score (nSPS) is 11.2. The number of nitrogens with one attached hydrogen (secondary N) is 1. The SMILES string of the molecule is CC(C)CC(=O)NCCn1c(CCc2ccccc2)nc2ccccc21. The molecule has 136 valence electrons. The molecule has 2 aromatic carbocycles. The number of carbonyl (C=O) groups is 1. The van der Waals surface area contributed by atoms with Gasteiger partial charge in [0.05, 0.1) is 11.0 Å². The third-order valence-electron chi connectivity index (χ3n) is 4.46. The first-order valence-electron chi connectivity index (χ1n) is 9.38. The Balaban J connectivity index is 1.71. The van der Waals surface area contributed by atoms with Gasteiger partial charge in [-0.1, -0.05) is 56.3 Å². The first-order valence-corrected chi connectivity index (χ1v) is 9.38. The van der Waals surface area contributed by atoms with Gasteiger partial charge in [0.15, 0.2) is 0 Å². The van der Waals surface area contributed by atoms with Gasteiger partial charge in [0.2, 0.25) is 5.91 Å². The number of rotatable bonds is 8. The van der Waals surface area contributed by atoms with Crippen LogP contribution in [0.25, 0.3) is 11.0 Å². The second-order valence-corrected chi connectivity index (χ2v) is 7.10. The molecule has 1 heterocycles. The van der Waals surface area contributed by atoms with Crippen LogP contribution in [-0.2, 0) is 24.2 Å². The Morgan fingerprint density at radius 3 is 2.54 bits per heavy atom. The van der Waals surface area contributed by atoms with Crippen molar-refractivity contribution in [2.45, 2.75) is 39.7 Å². The number of nitrogens with zero attached hydrogens (tertiary/aromatic N) is 2. The van der Waals surface area contributed by atoms with E-state index in [1.807, 2.05) is 18.2 Å². The lowest BCUT2D eigenvalue weighted by Gasteiger charge is -2.11. The van der Waals surface area contributed by atoms with Crippen LogP contribution in [0, 0.1) is 5.92 Å². The molecular formula is C22H27N3O. The van der Waals surface area contributed by atoms with Crippen LogP contribution in [0.1, 0.15) is 31.7 Å². The summed E-state index contributed by atoms with van der Waals surface area (Å²) in [5.74, 6) is 1.58. The number of para-hydroxylation sites is 2. The summed E-state index contributed by atoms with van der Waals surface area (Å²) in [6, 6.07) is 18.7. The molecule has 0 bridgehead atoms. The molecule has 0 fully saturated rings. The molecule has 3 aromatic rings. The van der Waals surface area contributed by atoms with Crippen molar-refractivity contribution in [3.05, 3.63) is 66.0 Å². The molecule has 0 atom stereocenters. The summed E-state index contributed by atoms with van der Waals surface area (Å²) < 4.78 is 2.24. The predicted octanol–water partition coefficient (Wildman–Crippen LogP) is 3.98. The van der Waals surface area contributed by atoms with Gasteiger partial charge in [-0.25, -0.2) is 4.98 Å². The second kappa shape index (κ2) is 8.65. The Bertz CT molecular complexity index is 852. The van der Waals surface area contributed by atoms with Crippen LogP contribution < -0.4 is 5.32 Å². The van der Waals surface area contributed by atoms with E-state index in [2.05, 4.69) is 60.1 Å². The van der Waals surface area contributed by atoms with Gasteiger partial charge in [-0.05, 0) is 30.0 Å². The number of carbonyl (C=O) groups excluding carboxylic acids is 1. The molecule has 0 saturated heterocycles. The summed E-state index contributed by atoms with van der Waals surface area (Å²) in [6.07, 6.45) is 2.42. The molecule has 0 aliphatic rings. The largest absolute Gasteiger partial charge is 0.354 e. The maximum absolute atomic E-state index is 11.9. The third kappa shape index (κ3) is 4.72. The molecule has 4 nitrogen and oxygen atoms in total. The first kappa shape index (κ1) is 18.2. The molecule has 1 aromatic heterocycles. The van der Waals surface area contributed by atoms with E-state index in [9.17, 15) is 4.79 Å². The number of hydrogen-bond acceptors (Lipinski definition) is 2. The zero-order chi connectivity index (χ0) is 18.4. The average Bonchev–Trinajstić information content (AvgIpc) is 2.98. The molecule has 1 N–H and O–H groups in total. The molecule has 0 aliphatic carbocycles. The molecule has 0 radical (unpaired) electrons. The summed E-state index contributed by atoms with van der Waals surface area (Å²) in [7, 11) is 0. The molecule has 0 saturated carbocycles. The van der Waals surface area contributed by atoms with Crippen LogP contribution in [0.4, 0.5) is 0 Å². The van der Waals surface area contributed by atoms with E-state index < -0.39 is 0 Å². The van der Waals surface area contributed by atoms with Crippen molar-refractivity contribution < 1.29 is 4.79 Å². The van der Waals surface area contributed by atoms with Crippen molar-refractivity contribution in [3.8, 4) is 0 Å². The minimum atomic E-state index is 0.121. The van der Waals surface area contributed by atoms with Gasteiger partial charge < -0.3 is 9.88 Å². The molecule has 0 unspecified atom stereocenters. The number of amides is 1. The fourth-order valence-corrected chi connectivity index (χ4v) is 3.22. The Kier molecular flexibility index (Phi) is 6.05. The van der Waals surface area contributed by atoms with Crippen LogP contribution in [0.3, 0.4) is 0 Å². The van der Waals surface area contributed by atoms with Gasteiger partial charge in [-0.3, -0.25) is 4.79 Å². The summed E-state index contributed by atoms with van der Waals surface area (Å²) in [4.78, 5) is 16.7. The smallest absolute Gasteiger partial charge is 0.220 e. The van der Waals surface area contributed by atoms with Crippen LogP contribution in [0.15, 0.2) is 54.6 Å². The Morgan fingerprint density at radius 1 is 1.04 bits per heavy atom. The van der Waals surface area contributed by atoms with E-state index in [-0.39, 0.29) is 5.91 Å². The lowest BCUT2D eigenvalue weighted by Crippen LogP contribution is -2.28. The fraction of sp³-hybridized carbons (Fsp3) is 0.364. The number of aromatic nitrogens is 2. The lowest BCUT2D eigenvalue weighted by atomic mass is 10.1. The zero-order valence-corrected chi connectivity index (χ0v) is 15.6. The molecule has 0 aliphatic heterocycles. The molecule has 1 amide bonds. The van der Waals surface area contributed by atoms with Crippen molar-refractivity contribution in [1.29, 1.82) is 0 Å². The highest BCUT2D eigenvalue weighted by Crippen LogP contribution is 2.17. The van der Waals surface area contributed by atoms with E-state index in [1.54, 1.807) is 0 Å². The van der Waals surface area contributed by atoms with Crippen molar-refractivity contribution in [1.82, 2.24) is 14.9 Å². The van der Waals surface area contributed by atoms with Crippen molar-refractivity contribution >= 4 is 16.9 Å². The van der Waals surface area contributed by atoms with Crippen molar-refractivity contribution in [2.24, 2.45) is 5.92 Å². The maximum atomic E-state index is 11.9. The maximum Gasteiger partial charge on any atom is 0.220 e. The number of benzene rings is 2. The number of hydrogen-bond donors (Lipinski definition) is 1. The highest BCUT2D eigenvalue weighted by atomic mass is 16.1. The highest BCUT2D eigenvalue weighted by molar-refractivity contribution is 5.77. The van der Waals surface area contributed by atoms with E-state index in [1.165, 1.54) is 5.56 Å². The van der Waals surface area contributed by atoms with E-state index in [0.29, 0.717) is 18.9 Å². The molecular weight excluding hydrogens is 322 g/mol. The monoisotopic (exact) mass is 349 g/mol. The lowest BCUT2D eigenvalue weighted by molar-refractivity contribution is -0.121. The number of fused-ring (bicyclic) bond motifs is 1. The van der Waals surface area contributed by atoms with Gasteiger partial charge in [-0.2, -0.15) is 0 Å². The van der Waals surface area contributed by atoms with Gasteiger partial charge >= 0.3 is 0 Å². The summed E-state index contributed by atoms with van der Waals surface area (Å²) in [6.45, 7) is 5.49. The molecule has 26 heavy (non-hydrogen) atoms. The van der Waals surface area contributed by atoms with Gasteiger partial charge in [-0.15, -0.1) is 0 Å². The molecule has 0 spiro atoms. The van der Waals surface area contributed by atoms with Gasteiger partial charge in [0, 0.05) is 25.9 Å². The van der Waals surface area contributed by atoms with Crippen LogP contribution >= 0.6 is 0 Å². The zero-order valence-electron chi connectivity index (χ0n) is 15.6.